The van der Waals surface area contributed by atoms with Crippen LogP contribution in [0.1, 0.15) is 22.6 Å². The SMILES string of the molecule is Cc1nn(-c2ccccc2)c2nc(C(=O)O)cc(N3CCCOCC3)c12. The van der Waals surface area contributed by atoms with Gasteiger partial charge in [0, 0.05) is 19.7 Å². The van der Waals surface area contributed by atoms with Crippen LogP contribution in [-0.4, -0.2) is 52.1 Å². The molecule has 4 rings (SSSR count). The van der Waals surface area contributed by atoms with Crippen LogP contribution in [-0.2, 0) is 4.74 Å². The molecule has 1 aromatic carbocycles. The van der Waals surface area contributed by atoms with Crippen molar-refractivity contribution in [2.24, 2.45) is 0 Å². The number of nitrogens with zero attached hydrogens (tertiary/aromatic N) is 4. The number of carbonyl (C=O) groups is 1. The van der Waals surface area contributed by atoms with Crippen molar-refractivity contribution in [2.45, 2.75) is 13.3 Å². The number of aryl methyl sites for hydroxylation is 1. The molecule has 0 atom stereocenters. The minimum atomic E-state index is -1.04. The molecule has 0 spiro atoms. The Kier molecular flexibility index (Phi) is 4.30. The topological polar surface area (TPSA) is 80.5 Å². The van der Waals surface area contributed by atoms with Gasteiger partial charge in [0.25, 0.3) is 0 Å². The fraction of sp³-hybridized carbons (Fsp3) is 0.316. The third kappa shape index (κ3) is 2.90. The van der Waals surface area contributed by atoms with Crippen LogP contribution in [0.4, 0.5) is 5.69 Å². The second kappa shape index (κ2) is 6.76. The molecule has 1 saturated heterocycles. The molecule has 2 aromatic heterocycles. The highest BCUT2D eigenvalue weighted by Gasteiger charge is 2.22. The standard InChI is InChI=1S/C19H20N4O3/c1-13-17-16(22-8-5-10-26-11-9-22)12-15(19(24)25)20-18(17)23(21-13)14-6-3-2-4-7-14/h2-4,6-7,12H,5,8-11H2,1H3,(H,24,25). The molecule has 7 heteroatoms. The number of aromatic carboxylic acids is 1. The van der Waals surface area contributed by atoms with Gasteiger partial charge in [-0.25, -0.2) is 14.5 Å². The molecule has 1 fully saturated rings. The quantitative estimate of drug-likeness (QED) is 0.780. The highest BCUT2D eigenvalue weighted by atomic mass is 16.5. The van der Waals surface area contributed by atoms with E-state index in [4.69, 9.17) is 4.74 Å². The molecule has 3 heterocycles. The Labute approximate surface area is 150 Å². The molecule has 0 unspecified atom stereocenters. The van der Waals surface area contributed by atoms with Gasteiger partial charge >= 0.3 is 5.97 Å². The number of anilines is 1. The first-order chi connectivity index (χ1) is 12.6. The van der Waals surface area contributed by atoms with Gasteiger partial charge in [-0.1, -0.05) is 18.2 Å². The number of fused-ring (bicyclic) bond motifs is 1. The van der Waals surface area contributed by atoms with E-state index in [0.29, 0.717) is 18.8 Å². The van der Waals surface area contributed by atoms with Gasteiger partial charge in [-0.3, -0.25) is 0 Å². The van der Waals surface area contributed by atoms with Crippen LogP contribution in [0.2, 0.25) is 0 Å². The predicted octanol–water partition coefficient (Wildman–Crippen LogP) is 2.65. The molecule has 0 bridgehead atoms. The van der Waals surface area contributed by atoms with Crippen molar-refractivity contribution in [3.8, 4) is 5.69 Å². The Morgan fingerprint density at radius 1 is 1.19 bits per heavy atom. The Morgan fingerprint density at radius 3 is 2.77 bits per heavy atom. The molecule has 26 heavy (non-hydrogen) atoms. The molecule has 1 aliphatic heterocycles. The zero-order valence-corrected chi connectivity index (χ0v) is 14.6. The lowest BCUT2D eigenvalue weighted by Crippen LogP contribution is -2.26. The summed E-state index contributed by atoms with van der Waals surface area (Å²) in [7, 11) is 0. The van der Waals surface area contributed by atoms with E-state index in [9.17, 15) is 9.90 Å². The summed E-state index contributed by atoms with van der Waals surface area (Å²) in [6, 6.07) is 11.3. The number of rotatable bonds is 3. The van der Waals surface area contributed by atoms with E-state index in [1.165, 1.54) is 0 Å². The Bertz CT molecular complexity index is 944. The average Bonchev–Trinajstić information content (AvgIpc) is 2.84. The summed E-state index contributed by atoms with van der Waals surface area (Å²) in [4.78, 5) is 18.2. The van der Waals surface area contributed by atoms with Gasteiger partial charge in [-0.05, 0) is 31.5 Å². The number of benzene rings is 1. The Morgan fingerprint density at radius 2 is 2.00 bits per heavy atom. The van der Waals surface area contributed by atoms with E-state index in [1.807, 2.05) is 37.3 Å². The van der Waals surface area contributed by atoms with Crippen LogP contribution in [0.25, 0.3) is 16.7 Å². The maximum Gasteiger partial charge on any atom is 0.354 e. The third-order valence-corrected chi connectivity index (χ3v) is 4.57. The summed E-state index contributed by atoms with van der Waals surface area (Å²) in [5.41, 5.74) is 3.13. The predicted molar refractivity (Wildman–Crippen MR) is 98.2 cm³/mol. The van der Waals surface area contributed by atoms with Crippen molar-refractivity contribution in [2.75, 3.05) is 31.2 Å². The second-order valence-electron chi connectivity index (χ2n) is 6.32. The molecule has 7 nitrogen and oxygen atoms in total. The van der Waals surface area contributed by atoms with E-state index < -0.39 is 5.97 Å². The second-order valence-corrected chi connectivity index (χ2v) is 6.32. The lowest BCUT2D eigenvalue weighted by molar-refractivity contribution is 0.0691. The number of carboxylic acid groups (broad SMARTS) is 1. The van der Waals surface area contributed by atoms with Crippen molar-refractivity contribution >= 4 is 22.7 Å². The number of carboxylic acids is 1. The molecule has 0 aliphatic carbocycles. The summed E-state index contributed by atoms with van der Waals surface area (Å²) in [5.74, 6) is -1.04. The summed E-state index contributed by atoms with van der Waals surface area (Å²) in [6.07, 6.45) is 0.901. The molecule has 1 aliphatic rings. The maximum atomic E-state index is 11.7. The molecule has 1 N–H and O–H groups in total. The summed E-state index contributed by atoms with van der Waals surface area (Å²) >= 11 is 0. The van der Waals surface area contributed by atoms with Crippen LogP contribution in [0, 0.1) is 6.92 Å². The minimum absolute atomic E-state index is 0.0229. The number of hydrogen-bond donors (Lipinski definition) is 1. The van der Waals surface area contributed by atoms with Crippen molar-refractivity contribution in [1.29, 1.82) is 0 Å². The van der Waals surface area contributed by atoms with E-state index in [0.717, 1.165) is 42.0 Å². The number of aromatic nitrogens is 3. The number of hydrogen-bond acceptors (Lipinski definition) is 5. The largest absolute Gasteiger partial charge is 0.477 e. The van der Waals surface area contributed by atoms with Gasteiger partial charge in [-0.2, -0.15) is 5.10 Å². The van der Waals surface area contributed by atoms with E-state index >= 15 is 0 Å². The zero-order chi connectivity index (χ0) is 18.1. The van der Waals surface area contributed by atoms with E-state index in [1.54, 1.807) is 10.7 Å². The number of ether oxygens (including phenoxy) is 1. The number of pyridine rings is 1. The normalized spacial score (nSPS) is 15.2. The fourth-order valence-electron chi connectivity index (χ4n) is 3.36. The average molecular weight is 352 g/mol. The van der Waals surface area contributed by atoms with Crippen molar-refractivity contribution in [3.05, 3.63) is 47.8 Å². The first-order valence-corrected chi connectivity index (χ1v) is 8.67. The Balaban J connectivity index is 1.96. The molecular weight excluding hydrogens is 332 g/mol. The first-order valence-electron chi connectivity index (χ1n) is 8.67. The fourth-order valence-corrected chi connectivity index (χ4v) is 3.36. The van der Waals surface area contributed by atoms with Crippen molar-refractivity contribution in [3.63, 3.8) is 0 Å². The smallest absolute Gasteiger partial charge is 0.354 e. The van der Waals surface area contributed by atoms with Gasteiger partial charge < -0.3 is 14.7 Å². The van der Waals surface area contributed by atoms with Crippen LogP contribution in [0.3, 0.4) is 0 Å². The monoisotopic (exact) mass is 352 g/mol. The highest BCUT2D eigenvalue weighted by molar-refractivity contribution is 5.98. The highest BCUT2D eigenvalue weighted by Crippen LogP contribution is 2.31. The van der Waals surface area contributed by atoms with Crippen LogP contribution in [0.15, 0.2) is 36.4 Å². The van der Waals surface area contributed by atoms with Crippen molar-refractivity contribution in [1.82, 2.24) is 14.8 Å². The summed E-state index contributed by atoms with van der Waals surface area (Å²) < 4.78 is 7.26. The minimum Gasteiger partial charge on any atom is -0.477 e. The van der Waals surface area contributed by atoms with Crippen LogP contribution < -0.4 is 4.90 Å². The number of para-hydroxylation sites is 1. The van der Waals surface area contributed by atoms with E-state index in [-0.39, 0.29) is 5.69 Å². The molecule has 0 saturated carbocycles. The van der Waals surface area contributed by atoms with Crippen molar-refractivity contribution < 1.29 is 14.6 Å². The molecule has 3 aromatic rings. The van der Waals surface area contributed by atoms with Gasteiger partial charge in [0.1, 0.15) is 0 Å². The van der Waals surface area contributed by atoms with Gasteiger partial charge in [0.15, 0.2) is 11.3 Å². The van der Waals surface area contributed by atoms with Gasteiger partial charge in [-0.15, -0.1) is 0 Å². The zero-order valence-electron chi connectivity index (χ0n) is 14.6. The maximum absolute atomic E-state index is 11.7. The van der Waals surface area contributed by atoms with Gasteiger partial charge in [0.05, 0.1) is 29.1 Å². The lowest BCUT2D eigenvalue weighted by Gasteiger charge is -2.23. The summed E-state index contributed by atoms with van der Waals surface area (Å²) in [6.45, 7) is 4.81. The molecule has 0 amide bonds. The molecule has 134 valence electrons. The van der Waals surface area contributed by atoms with Gasteiger partial charge in [0.2, 0.25) is 0 Å². The lowest BCUT2D eigenvalue weighted by atomic mass is 10.1. The van der Waals surface area contributed by atoms with Crippen LogP contribution >= 0.6 is 0 Å². The first kappa shape index (κ1) is 16.5. The van der Waals surface area contributed by atoms with Crippen LogP contribution in [0.5, 0.6) is 0 Å². The Hall–Kier alpha value is -2.93. The van der Waals surface area contributed by atoms with E-state index in [2.05, 4.69) is 15.0 Å². The third-order valence-electron chi connectivity index (χ3n) is 4.57. The summed E-state index contributed by atoms with van der Waals surface area (Å²) in [5, 5.41) is 15.1. The molecular formula is C19H20N4O3. The molecule has 0 radical (unpaired) electrons.